The summed E-state index contributed by atoms with van der Waals surface area (Å²) in [5.74, 6) is 1.47. The molecule has 9 nitrogen and oxygen atoms in total. The Balaban J connectivity index is 1.38. The van der Waals surface area contributed by atoms with Crippen LogP contribution in [0.1, 0.15) is 46.4 Å². The third-order valence-corrected chi connectivity index (χ3v) is 7.70. The molecule has 1 aliphatic carbocycles. The first-order chi connectivity index (χ1) is 16.5. The van der Waals surface area contributed by atoms with E-state index in [1.807, 2.05) is 29.7 Å². The van der Waals surface area contributed by atoms with E-state index in [1.165, 1.54) is 23.1 Å². The lowest BCUT2D eigenvalue weighted by molar-refractivity contribution is -0.113. The van der Waals surface area contributed by atoms with Crippen molar-refractivity contribution in [3.8, 4) is 11.5 Å². The highest BCUT2D eigenvalue weighted by molar-refractivity contribution is 7.99. The second-order valence-corrected chi connectivity index (χ2v) is 9.77. The molecule has 180 valence electrons. The zero-order valence-electron chi connectivity index (χ0n) is 19.1. The number of fused-ring (bicyclic) bond motifs is 1. The van der Waals surface area contributed by atoms with Crippen LogP contribution in [0.5, 0.6) is 11.5 Å². The van der Waals surface area contributed by atoms with Gasteiger partial charge < -0.3 is 25.1 Å². The minimum absolute atomic E-state index is 0.135. The average molecular weight is 502 g/mol. The zero-order chi connectivity index (χ0) is 24.1. The highest BCUT2D eigenvalue weighted by Crippen LogP contribution is 2.38. The topological polar surface area (TPSA) is 121 Å². The van der Waals surface area contributed by atoms with E-state index in [9.17, 15) is 9.59 Å². The fourth-order valence-electron chi connectivity index (χ4n) is 3.90. The predicted molar refractivity (Wildman–Crippen MR) is 132 cm³/mol. The summed E-state index contributed by atoms with van der Waals surface area (Å²) in [7, 11) is 1.61. The molecule has 11 heteroatoms. The molecular formula is C23H27N5O4S2. The number of rotatable bonds is 10. The number of amides is 2. The highest BCUT2D eigenvalue weighted by atomic mass is 32.2. The molecule has 0 spiro atoms. The van der Waals surface area contributed by atoms with Gasteiger partial charge in [-0.3, -0.25) is 9.59 Å². The Morgan fingerprint density at radius 2 is 2.03 bits per heavy atom. The molecule has 0 bridgehead atoms. The number of nitrogens with two attached hydrogens (primary N) is 1. The number of hydrogen-bond donors (Lipinski definition) is 2. The minimum Gasteiger partial charge on any atom is -0.497 e. The van der Waals surface area contributed by atoms with Gasteiger partial charge in [0.1, 0.15) is 23.1 Å². The lowest BCUT2D eigenvalue weighted by atomic mass is 9.95. The van der Waals surface area contributed by atoms with Gasteiger partial charge >= 0.3 is 0 Å². The fraction of sp³-hybridized carbons (Fsp3) is 0.391. The van der Waals surface area contributed by atoms with E-state index in [1.54, 1.807) is 13.2 Å². The molecule has 1 aromatic carbocycles. The summed E-state index contributed by atoms with van der Waals surface area (Å²) < 4.78 is 13.0. The molecule has 2 heterocycles. The molecule has 0 saturated carbocycles. The number of benzene rings is 1. The van der Waals surface area contributed by atoms with Crippen LogP contribution in [0.2, 0.25) is 0 Å². The first-order valence-electron chi connectivity index (χ1n) is 11.1. The lowest BCUT2D eigenvalue weighted by Crippen LogP contribution is -2.19. The average Bonchev–Trinajstić information content (AvgIpc) is 3.41. The van der Waals surface area contributed by atoms with Crippen molar-refractivity contribution in [2.75, 3.05) is 18.2 Å². The number of aryl methyl sites for hydroxylation is 1. The molecule has 0 fully saturated rings. The van der Waals surface area contributed by atoms with E-state index >= 15 is 0 Å². The molecule has 3 aromatic rings. The number of primary amides is 1. The van der Waals surface area contributed by atoms with E-state index in [0.717, 1.165) is 36.1 Å². The smallest absolute Gasteiger partial charge is 0.251 e. The third kappa shape index (κ3) is 5.36. The number of methoxy groups -OCH3 is 1. The number of nitrogens with one attached hydrogen (secondary N) is 1. The maximum Gasteiger partial charge on any atom is 0.251 e. The van der Waals surface area contributed by atoms with Crippen molar-refractivity contribution in [2.24, 2.45) is 5.73 Å². The summed E-state index contributed by atoms with van der Waals surface area (Å²) in [5.41, 5.74) is 7.08. The summed E-state index contributed by atoms with van der Waals surface area (Å²) >= 11 is 2.75. The molecule has 0 aliphatic heterocycles. The van der Waals surface area contributed by atoms with Gasteiger partial charge in [-0.1, -0.05) is 17.8 Å². The Morgan fingerprint density at radius 1 is 1.24 bits per heavy atom. The summed E-state index contributed by atoms with van der Waals surface area (Å²) in [5, 5.41) is 12.5. The molecule has 0 saturated heterocycles. The quantitative estimate of drug-likeness (QED) is 0.407. The van der Waals surface area contributed by atoms with Gasteiger partial charge in [0.25, 0.3) is 5.91 Å². The zero-order valence-corrected chi connectivity index (χ0v) is 20.8. The molecule has 4 rings (SSSR count). The van der Waals surface area contributed by atoms with Gasteiger partial charge in [0.2, 0.25) is 5.91 Å². The maximum absolute atomic E-state index is 12.7. The number of thioether (sulfide) groups is 1. The van der Waals surface area contributed by atoms with Crippen LogP contribution in [0, 0.1) is 0 Å². The van der Waals surface area contributed by atoms with Crippen LogP contribution in [-0.4, -0.2) is 39.4 Å². The molecule has 3 N–H and O–H groups in total. The van der Waals surface area contributed by atoms with Crippen LogP contribution in [0.4, 0.5) is 5.00 Å². The molecular weight excluding hydrogens is 474 g/mol. The standard InChI is InChI=1S/C23H27N5O4S2/c1-3-28-18(12-32-15-8-6-7-14(11-15)31-2)26-27-23(28)33-13-19(29)25-22-20(21(24)30)16-9-4-5-10-17(16)34-22/h6-8,11H,3-5,9-10,12-13H2,1-2H3,(H2,24,30)(H,25,29). The summed E-state index contributed by atoms with van der Waals surface area (Å²) in [6.07, 6.45) is 3.87. The molecule has 0 atom stereocenters. The van der Waals surface area contributed by atoms with Gasteiger partial charge in [0, 0.05) is 17.5 Å². The van der Waals surface area contributed by atoms with Crippen LogP contribution in [0.3, 0.4) is 0 Å². The van der Waals surface area contributed by atoms with Gasteiger partial charge in [-0.05, 0) is 50.3 Å². The largest absolute Gasteiger partial charge is 0.497 e. The van der Waals surface area contributed by atoms with Crippen molar-refractivity contribution in [2.45, 2.75) is 50.9 Å². The number of ether oxygens (including phenoxy) is 2. The van der Waals surface area contributed by atoms with E-state index < -0.39 is 5.91 Å². The Morgan fingerprint density at radius 3 is 2.79 bits per heavy atom. The second kappa shape index (κ2) is 10.9. The van der Waals surface area contributed by atoms with Gasteiger partial charge in [0.15, 0.2) is 11.0 Å². The molecule has 1 aliphatic rings. The van der Waals surface area contributed by atoms with Crippen molar-refractivity contribution in [3.63, 3.8) is 0 Å². The first-order valence-corrected chi connectivity index (χ1v) is 12.9. The summed E-state index contributed by atoms with van der Waals surface area (Å²) in [6.45, 7) is 2.86. The number of anilines is 1. The number of carbonyl (C=O) groups is 2. The lowest BCUT2D eigenvalue weighted by Gasteiger charge is -2.11. The number of nitrogens with zero attached hydrogens (tertiary/aromatic N) is 3. The van der Waals surface area contributed by atoms with E-state index in [-0.39, 0.29) is 18.3 Å². The van der Waals surface area contributed by atoms with E-state index in [4.69, 9.17) is 15.2 Å². The number of aromatic nitrogens is 3. The Bertz CT molecular complexity index is 1190. The van der Waals surface area contributed by atoms with Crippen molar-refractivity contribution in [1.29, 1.82) is 0 Å². The van der Waals surface area contributed by atoms with Crippen molar-refractivity contribution in [3.05, 3.63) is 46.1 Å². The first kappa shape index (κ1) is 24.1. The van der Waals surface area contributed by atoms with Crippen molar-refractivity contribution < 1.29 is 19.1 Å². The SMILES string of the molecule is CCn1c(COc2cccc(OC)c2)nnc1SCC(=O)Nc1sc2c(c1C(N)=O)CCCC2. The molecule has 34 heavy (non-hydrogen) atoms. The van der Waals surface area contributed by atoms with Gasteiger partial charge in [0.05, 0.1) is 18.4 Å². The Kier molecular flexibility index (Phi) is 7.73. The van der Waals surface area contributed by atoms with Gasteiger partial charge in [-0.25, -0.2) is 0 Å². The minimum atomic E-state index is -0.492. The van der Waals surface area contributed by atoms with Gasteiger partial charge in [-0.15, -0.1) is 21.5 Å². The number of thiophene rings is 1. The third-order valence-electron chi connectivity index (χ3n) is 5.52. The van der Waals surface area contributed by atoms with Crippen LogP contribution < -0.4 is 20.5 Å². The highest BCUT2D eigenvalue weighted by Gasteiger charge is 2.25. The van der Waals surface area contributed by atoms with E-state index in [2.05, 4.69) is 15.5 Å². The monoisotopic (exact) mass is 501 g/mol. The number of hydrogen-bond acceptors (Lipinski definition) is 8. The van der Waals surface area contributed by atoms with Crippen molar-refractivity contribution in [1.82, 2.24) is 14.8 Å². The number of carbonyl (C=O) groups excluding carboxylic acids is 2. The Hall–Kier alpha value is -3.05. The van der Waals surface area contributed by atoms with Crippen LogP contribution in [0.15, 0.2) is 29.4 Å². The van der Waals surface area contributed by atoms with Crippen LogP contribution in [-0.2, 0) is 30.8 Å². The van der Waals surface area contributed by atoms with Crippen molar-refractivity contribution >= 4 is 39.9 Å². The molecule has 2 amide bonds. The second-order valence-electron chi connectivity index (χ2n) is 7.73. The van der Waals surface area contributed by atoms with Crippen LogP contribution >= 0.6 is 23.1 Å². The van der Waals surface area contributed by atoms with Crippen LogP contribution in [0.25, 0.3) is 0 Å². The molecule has 0 unspecified atom stereocenters. The summed E-state index contributed by atoms with van der Waals surface area (Å²) in [4.78, 5) is 25.9. The normalized spacial score (nSPS) is 12.8. The fourth-order valence-corrected chi connectivity index (χ4v) is 6.03. The summed E-state index contributed by atoms with van der Waals surface area (Å²) in [6, 6.07) is 7.35. The van der Waals surface area contributed by atoms with E-state index in [0.29, 0.717) is 39.6 Å². The predicted octanol–water partition coefficient (Wildman–Crippen LogP) is 3.66. The van der Waals surface area contributed by atoms with Gasteiger partial charge in [-0.2, -0.15) is 0 Å². The molecule has 0 radical (unpaired) electrons. The Labute approximate surface area is 206 Å². The molecule has 2 aromatic heterocycles. The maximum atomic E-state index is 12.7.